The average Bonchev–Trinajstić information content (AvgIpc) is 2.62. The molecule has 4 heteroatoms. The quantitative estimate of drug-likeness (QED) is 0.824. The number of hydrogen-bond donors (Lipinski definition) is 1. The van der Waals surface area contributed by atoms with Crippen LogP contribution in [-0.2, 0) is 4.79 Å². The summed E-state index contributed by atoms with van der Waals surface area (Å²) >= 11 is 1.91. The van der Waals surface area contributed by atoms with Gasteiger partial charge in [-0.15, -0.1) is 0 Å². The zero-order valence-corrected chi connectivity index (χ0v) is 10.5. The molecule has 2 saturated heterocycles. The van der Waals surface area contributed by atoms with Crippen molar-refractivity contribution in [2.24, 2.45) is 5.92 Å². The third-order valence-electron chi connectivity index (χ3n) is 3.70. The molecule has 2 unspecified atom stereocenters. The number of thioether (sulfide) groups is 1. The van der Waals surface area contributed by atoms with Crippen molar-refractivity contribution in [2.45, 2.75) is 38.1 Å². The molecule has 0 spiro atoms. The van der Waals surface area contributed by atoms with Gasteiger partial charge in [0.05, 0.1) is 0 Å². The highest BCUT2D eigenvalue weighted by Crippen LogP contribution is 2.30. The van der Waals surface area contributed by atoms with Crippen LogP contribution >= 0.6 is 11.8 Å². The van der Waals surface area contributed by atoms with Gasteiger partial charge >= 0.3 is 5.97 Å². The number of nitrogens with zero attached hydrogens (tertiary/aromatic N) is 1. The Labute approximate surface area is 102 Å². The summed E-state index contributed by atoms with van der Waals surface area (Å²) in [5.41, 5.74) is 0. The van der Waals surface area contributed by atoms with E-state index >= 15 is 0 Å². The molecule has 0 aromatic heterocycles. The van der Waals surface area contributed by atoms with Crippen LogP contribution in [0.15, 0.2) is 0 Å². The maximum Gasteiger partial charge on any atom is 0.321 e. The first kappa shape index (κ1) is 12.2. The zero-order chi connectivity index (χ0) is 11.4. The van der Waals surface area contributed by atoms with Crippen LogP contribution in [0.3, 0.4) is 0 Å². The van der Waals surface area contributed by atoms with E-state index in [1.807, 2.05) is 11.8 Å². The molecule has 0 saturated carbocycles. The summed E-state index contributed by atoms with van der Waals surface area (Å²) in [6, 6.07) is -0.215. The van der Waals surface area contributed by atoms with Crippen LogP contribution in [-0.4, -0.2) is 46.6 Å². The molecule has 0 aromatic carbocycles. The Morgan fingerprint density at radius 3 is 2.44 bits per heavy atom. The molecule has 0 radical (unpaired) electrons. The second kappa shape index (κ2) is 5.92. The van der Waals surface area contributed by atoms with Gasteiger partial charge in [-0.2, -0.15) is 11.8 Å². The Balaban J connectivity index is 2.01. The molecule has 2 rings (SSSR count). The van der Waals surface area contributed by atoms with Crippen molar-refractivity contribution < 1.29 is 9.90 Å². The molecule has 3 nitrogen and oxygen atoms in total. The smallest absolute Gasteiger partial charge is 0.321 e. The highest BCUT2D eigenvalue weighted by Gasteiger charge is 2.35. The average molecular weight is 243 g/mol. The Hall–Kier alpha value is -0.220. The third-order valence-corrected chi connectivity index (χ3v) is 4.89. The van der Waals surface area contributed by atoms with Crippen molar-refractivity contribution in [3.05, 3.63) is 0 Å². The molecular weight excluding hydrogens is 222 g/mol. The van der Waals surface area contributed by atoms with Crippen molar-refractivity contribution >= 4 is 17.7 Å². The van der Waals surface area contributed by atoms with Gasteiger partial charge in [0.2, 0.25) is 0 Å². The molecule has 0 aromatic rings. The minimum atomic E-state index is -0.602. The summed E-state index contributed by atoms with van der Waals surface area (Å²) in [5, 5.41) is 9.43. The highest BCUT2D eigenvalue weighted by atomic mass is 32.2. The van der Waals surface area contributed by atoms with Crippen molar-refractivity contribution in [1.82, 2.24) is 4.90 Å². The topological polar surface area (TPSA) is 40.5 Å². The summed E-state index contributed by atoms with van der Waals surface area (Å²) < 4.78 is 0. The molecule has 0 aliphatic carbocycles. The molecule has 2 aliphatic heterocycles. The fraction of sp³-hybridized carbons (Fsp3) is 0.917. The number of carboxylic acid groups (broad SMARTS) is 1. The highest BCUT2D eigenvalue weighted by molar-refractivity contribution is 7.99. The normalized spacial score (nSPS) is 29.9. The van der Waals surface area contributed by atoms with Gasteiger partial charge in [-0.05, 0) is 49.8 Å². The molecule has 2 atom stereocenters. The molecule has 0 bridgehead atoms. The largest absolute Gasteiger partial charge is 0.480 e. The van der Waals surface area contributed by atoms with Gasteiger partial charge in [0, 0.05) is 0 Å². The second-order valence-corrected chi connectivity index (χ2v) is 6.01. The Morgan fingerprint density at radius 2 is 1.94 bits per heavy atom. The summed E-state index contributed by atoms with van der Waals surface area (Å²) in [5.74, 6) is 1.95. The Morgan fingerprint density at radius 1 is 1.25 bits per heavy atom. The summed E-state index contributed by atoms with van der Waals surface area (Å²) in [6.07, 6.45) is 5.95. The maximum absolute atomic E-state index is 11.4. The van der Waals surface area contributed by atoms with E-state index in [2.05, 4.69) is 4.90 Å². The molecule has 1 N–H and O–H groups in total. The lowest BCUT2D eigenvalue weighted by Gasteiger charge is -2.31. The summed E-state index contributed by atoms with van der Waals surface area (Å²) in [6.45, 7) is 1.97. The SMILES string of the molecule is O=C(O)C(C1CCSC1)N1CCCCCC1. The van der Waals surface area contributed by atoms with E-state index in [1.165, 1.54) is 25.7 Å². The van der Waals surface area contributed by atoms with Gasteiger partial charge in [-0.1, -0.05) is 12.8 Å². The molecule has 2 fully saturated rings. The van der Waals surface area contributed by atoms with Crippen molar-refractivity contribution in [1.29, 1.82) is 0 Å². The zero-order valence-electron chi connectivity index (χ0n) is 9.73. The first-order valence-electron chi connectivity index (χ1n) is 6.33. The van der Waals surface area contributed by atoms with Gasteiger partial charge < -0.3 is 5.11 Å². The van der Waals surface area contributed by atoms with Gasteiger partial charge in [0.25, 0.3) is 0 Å². The van der Waals surface area contributed by atoms with Crippen LogP contribution in [0.2, 0.25) is 0 Å². The fourth-order valence-corrected chi connectivity index (χ4v) is 4.12. The van der Waals surface area contributed by atoms with Crippen molar-refractivity contribution in [3.8, 4) is 0 Å². The molecule has 2 aliphatic rings. The minimum absolute atomic E-state index is 0.215. The maximum atomic E-state index is 11.4. The van der Waals surface area contributed by atoms with Gasteiger partial charge in [-0.25, -0.2) is 0 Å². The van der Waals surface area contributed by atoms with E-state index in [-0.39, 0.29) is 6.04 Å². The second-order valence-electron chi connectivity index (χ2n) is 4.86. The Bertz CT molecular complexity index is 233. The molecular formula is C12H21NO2S. The number of likely N-dealkylation sites (tertiary alicyclic amines) is 1. The van der Waals surface area contributed by atoms with Crippen LogP contribution in [0.5, 0.6) is 0 Å². The predicted molar refractivity (Wildman–Crippen MR) is 66.9 cm³/mol. The number of hydrogen-bond acceptors (Lipinski definition) is 3. The first-order chi connectivity index (χ1) is 7.79. The van der Waals surface area contributed by atoms with Crippen molar-refractivity contribution in [3.63, 3.8) is 0 Å². The van der Waals surface area contributed by atoms with E-state index < -0.39 is 5.97 Å². The van der Waals surface area contributed by atoms with E-state index in [0.717, 1.165) is 31.0 Å². The molecule has 16 heavy (non-hydrogen) atoms. The fourth-order valence-electron chi connectivity index (χ4n) is 2.83. The lowest BCUT2D eigenvalue weighted by molar-refractivity contribution is -0.145. The van der Waals surface area contributed by atoms with E-state index in [1.54, 1.807) is 0 Å². The van der Waals surface area contributed by atoms with E-state index in [0.29, 0.717) is 5.92 Å². The molecule has 92 valence electrons. The summed E-state index contributed by atoms with van der Waals surface area (Å²) in [7, 11) is 0. The van der Waals surface area contributed by atoms with Gasteiger partial charge in [0.15, 0.2) is 0 Å². The lowest BCUT2D eigenvalue weighted by Crippen LogP contribution is -2.46. The van der Waals surface area contributed by atoms with E-state index in [4.69, 9.17) is 0 Å². The van der Waals surface area contributed by atoms with Crippen LogP contribution < -0.4 is 0 Å². The third kappa shape index (κ3) is 2.92. The van der Waals surface area contributed by atoms with Gasteiger partial charge in [0.1, 0.15) is 6.04 Å². The lowest BCUT2D eigenvalue weighted by atomic mass is 9.97. The minimum Gasteiger partial charge on any atom is -0.480 e. The van der Waals surface area contributed by atoms with Gasteiger partial charge in [-0.3, -0.25) is 9.69 Å². The monoisotopic (exact) mass is 243 g/mol. The standard InChI is InChI=1S/C12H21NO2S/c14-12(15)11(10-5-8-16-9-10)13-6-3-1-2-4-7-13/h10-11H,1-9H2,(H,14,15). The molecule has 2 heterocycles. The van der Waals surface area contributed by atoms with Crippen molar-refractivity contribution in [2.75, 3.05) is 24.6 Å². The van der Waals surface area contributed by atoms with Crippen LogP contribution in [0.1, 0.15) is 32.1 Å². The predicted octanol–water partition coefficient (Wildman–Crippen LogP) is 2.07. The summed E-state index contributed by atoms with van der Waals surface area (Å²) in [4.78, 5) is 13.7. The Kier molecular flexibility index (Phi) is 4.53. The number of rotatable bonds is 3. The number of aliphatic carboxylic acids is 1. The van der Waals surface area contributed by atoms with Crippen LogP contribution in [0.4, 0.5) is 0 Å². The van der Waals surface area contributed by atoms with Crippen LogP contribution in [0, 0.1) is 5.92 Å². The molecule has 0 amide bonds. The van der Waals surface area contributed by atoms with E-state index in [9.17, 15) is 9.90 Å². The number of carboxylic acids is 1. The van der Waals surface area contributed by atoms with Crippen LogP contribution in [0.25, 0.3) is 0 Å². The number of carbonyl (C=O) groups is 1. The first-order valence-corrected chi connectivity index (χ1v) is 7.49.